The maximum atomic E-state index is 11.7. The smallest absolute Gasteiger partial charge is 0.278 e. The van der Waals surface area contributed by atoms with Crippen LogP contribution in [0.1, 0.15) is 6.23 Å². The van der Waals surface area contributed by atoms with Gasteiger partial charge in [0.1, 0.15) is 18.3 Å². The Morgan fingerprint density at radius 1 is 1.43 bits per heavy atom. The van der Waals surface area contributed by atoms with Gasteiger partial charge >= 0.3 is 0 Å². The molecule has 1 aliphatic heterocycles. The van der Waals surface area contributed by atoms with E-state index in [1.165, 1.54) is 17.2 Å². The number of imidazole rings is 1. The standard InChI is InChI=1S/C12H14BrN5O5/c13-1-6(19)14-2-5-8(20)9(21)12(23-5)18-4-17-7-10(18)15-3-16-11(7)22/h3-5,8-9,12,20-21H,1-2H2,(H,14,19)(H,15,16,22)/t5-,8-,9-,12-/m1/s1. The monoisotopic (exact) mass is 387 g/mol. The summed E-state index contributed by atoms with van der Waals surface area (Å²) < 4.78 is 6.99. The van der Waals surface area contributed by atoms with Gasteiger partial charge < -0.3 is 25.3 Å². The minimum absolute atomic E-state index is 0.0415. The van der Waals surface area contributed by atoms with Crippen molar-refractivity contribution in [3.8, 4) is 0 Å². The van der Waals surface area contributed by atoms with E-state index in [0.717, 1.165) is 0 Å². The van der Waals surface area contributed by atoms with E-state index in [2.05, 4.69) is 36.2 Å². The van der Waals surface area contributed by atoms with Crippen LogP contribution in [0.15, 0.2) is 17.4 Å². The Hall–Kier alpha value is -1.82. The number of carbonyl (C=O) groups is 1. The van der Waals surface area contributed by atoms with Crippen LogP contribution in [0.4, 0.5) is 0 Å². The number of aromatic amines is 1. The zero-order chi connectivity index (χ0) is 16.6. The molecule has 4 atom stereocenters. The molecule has 3 heterocycles. The lowest BCUT2D eigenvalue weighted by Gasteiger charge is -2.16. The van der Waals surface area contributed by atoms with Crippen LogP contribution in [0.3, 0.4) is 0 Å². The van der Waals surface area contributed by atoms with E-state index < -0.39 is 30.1 Å². The second-order valence-electron chi connectivity index (χ2n) is 5.04. The van der Waals surface area contributed by atoms with Crippen LogP contribution in [0.25, 0.3) is 11.2 Å². The molecule has 11 heteroatoms. The van der Waals surface area contributed by atoms with Crippen molar-refractivity contribution in [2.45, 2.75) is 24.5 Å². The van der Waals surface area contributed by atoms with Crippen molar-refractivity contribution in [3.63, 3.8) is 0 Å². The van der Waals surface area contributed by atoms with Gasteiger partial charge in [0.2, 0.25) is 5.91 Å². The van der Waals surface area contributed by atoms with Gasteiger partial charge in [0, 0.05) is 6.54 Å². The maximum Gasteiger partial charge on any atom is 0.278 e. The highest BCUT2D eigenvalue weighted by Gasteiger charge is 2.44. The third-order valence-electron chi connectivity index (χ3n) is 3.60. The van der Waals surface area contributed by atoms with Crippen LogP contribution in [-0.2, 0) is 9.53 Å². The van der Waals surface area contributed by atoms with Gasteiger partial charge in [0.05, 0.1) is 18.0 Å². The van der Waals surface area contributed by atoms with Crippen molar-refractivity contribution in [1.29, 1.82) is 0 Å². The third kappa shape index (κ3) is 2.87. The first-order valence-corrected chi connectivity index (χ1v) is 7.89. The summed E-state index contributed by atoms with van der Waals surface area (Å²) in [6.07, 6.45) is -1.68. The fourth-order valence-electron chi connectivity index (χ4n) is 2.44. The summed E-state index contributed by atoms with van der Waals surface area (Å²) in [6.45, 7) is 0.0415. The molecular formula is C12H14BrN5O5. The first kappa shape index (κ1) is 16.1. The fourth-order valence-corrected chi connectivity index (χ4v) is 2.64. The molecule has 2 aromatic heterocycles. The van der Waals surface area contributed by atoms with Crippen LogP contribution in [0, 0.1) is 0 Å². The lowest BCUT2D eigenvalue weighted by molar-refractivity contribution is -0.119. The minimum Gasteiger partial charge on any atom is -0.387 e. The molecule has 0 saturated carbocycles. The van der Waals surface area contributed by atoms with Crippen molar-refractivity contribution in [3.05, 3.63) is 23.0 Å². The highest BCUT2D eigenvalue weighted by atomic mass is 79.9. The van der Waals surface area contributed by atoms with Crippen LogP contribution in [0.5, 0.6) is 0 Å². The molecule has 1 amide bonds. The molecule has 1 saturated heterocycles. The molecule has 0 spiro atoms. The first-order chi connectivity index (χ1) is 11.0. The van der Waals surface area contributed by atoms with E-state index in [0.29, 0.717) is 0 Å². The molecule has 0 aliphatic carbocycles. The zero-order valence-corrected chi connectivity index (χ0v) is 13.3. The number of H-pyrrole nitrogens is 1. The summed E-state index contributed by atoms with van der Waals surface area (Å²) in [5.41, 5.74) is -0.0769. The third-order valence-corrected chi connectivity index (χ3v) is 4.11. The minimum atomic E-state index is -1.25. The van der Waals surface area contributed by atoms with E-state index in [9.17, 15) is 19.8 Å². The molecule has 10 nitrogen and oxygen atoms in total. The number of alkyl halides is 1. The summed E-state index contributed by atoms with van der Waals surface area (Å²) in [5.74, 6) is -0.264. The lowest BCUT2D eigenvalue weighted by atomic mass is 10.1. The van der Waals surface area contributed by atoms with E-state index in [1.54, 1.807) is 0 Å². The van der Waals surface area contributed by atoms with Gasteiger partial charge in [-0.25, -0.2) is 9.97 Å². The molecular weight excluding hydrogens is 374 g/mol. The van der Waals surface area contributed by atoms with Crippen LogP contribution in [0.2, 0.25) is 0 Å². The number of hydrogen-bond donors (Lipinski definition) is 4. The van der Waals surface area contributed by atoms with Gasteiger partial charge in [-0.2, -0.15) is 0 Å². The lowest BCUT2D eigenvalue weighted by Crippen LogP contribution is -2.40. The molecule has 0 bridgehead atoms. The van der Waals surface area contributed by atoms with Crippen molar-refractivity contribution < 1.29 is 19.7 Å². The number of fused-ring (bicyclic) bond motifs is 1. The number of amides is 1. The summed E-state index contributed by atoms with van der Waals surface area (Å²) in [4.78, 5) is 33.3. The summed E-state index contributed by atoms with van der Waals surface area (Å²) in [6, 6.07) is 0. The van der Waals surface area contributed by atoms with Gasteiger partial charge in [-0.15, -0.1) is 0 Å². The largest absolute Gasteiger partial charge is 0.387 e. The molecule has 1 fully saturated rings. The van der Waals surface area contributed by atoms with Gasteiger partial charge in [-0.1, -0.05) is 15.9 Å². The first-order valence-electron chi connectivity index (χ1n) is 6.77. The number of aliphatic hydroxyl groups is 2. The SMILES string of the molecule is O=C(CBr)NC[C@H]1O[C@@H](n2cnc3c(=O)[nH]cnc32)[C@H](O)[C@@H]1O. The second-order valence-corrected chi connectivity index (χ2v) is 5.60. The summed E-state index contributed by atoms with van der Waals surface area (Å²) >= 11 is 3.01. The van der Waals surface area contributed by atoms with Gasteiger partial charge in [0.25, 0.3) is 5.56 Å². The number of halogens is 1. The molecule has 3 rings (SSSR count). The average Bonchev–Trinajstić information content (AvgIpc) is 3.09. The predicted molar refractivity (Wildman–Crippen MR) is 80.9 cm³/mol. The Morgan fingerprint density at radius 2 is 2.22 bits per heavy atom. The fraction of sp³-hybridized carbons (Fsp3) is 0.500. The Balaban J connectivity index is 1.84. The Bertz CT molecular complexity index is 777. The summed E-state index contributed by atoms with van der Waals surface area (Å²) in [5, 5.41) is 23.0. The van der Waals surface area contributed by atoms with E-state index in [1.807, 2.05) is 0 Å². The number of rotatable bonds is 4. The Labute approximate surface area is 137 Å². The van der Waals surface area contributed by atoms with Crippen molar-refractivity contribution in [1.82, 2.24) is 24.8 Å². The molecule has 4 N–H and O–H groups in total. The number of nitrogens with one attached hydrogen (secondary N) is 2. The van der Waals surface area contributed by atoms with Crippen LogP contribution < -0.4 is 10.9 Å². The quantitative estimate of drug-likeness (QED) is 0.455. The number of ether oxygens (including phenoxy) is 1. The molecule has 0 radical (unpaired) electrons. The Kier molecular flexibility index (Phi) is 4.43. The number of carbonyl (C=O) groups excluding carboxylic acids is 1. The molecule has 1 aliphatic rings. The summed E-state index contributed by atoms with van der Waals surface area (Å²) in [7, 11) is 0. The topological polar surface area (TPSA) is 142 Å². The highest BCUT2D eigenvalue weighted by Crippen LogP contribution is 2.30. The van der Waals surface area contributed by atoms with Gasteiger partial charge in [-0.3, -0.25) is 14.2 Å². The van der Waals surface area contributed by atoms with Crippen molar-refractivity contribution in [2.24, 2.45) is 0 Å². The molecule has 0 unspecified atom stereocenters. The van der Waals surface area contributed by atoms with Crippen molar-refractivity contribution >= 4 is 33.0 Å². The predicted octanol–water partition coefficient (Wildman–Crippen LogP) is -1.75. The van der Waals surface area contributed by atoms with Crippen LogP contribution >= 0.6 is 15.9 Å². The number of nitrogens with zero attached hydrogens (tertiary/aromatic N) is 3. The molecule has 2 aromatic rings. The van der Waals surface area contributed by atoms with E-state index >= 15 is 0 Å². The number of aliphatic hydroxyl groups excluding tert-OH is 2. The molecule has 0 aromatic carbocycles. The van der Waals surface area contributed by atoms with Gasteiger partial charge in [-0.05, 0) is 0 Å². The second kappa shape index (κ2) is 6.35. The zero-order valence-electron chi connectivity index (χ0n) is 11.7. The molecule has 23 heavy (non-hydrogen) atoms. The Morgan fingerprint density at radius 3 is 2.96 bits per heavy atom. The van der Waals surface area contributed by atoms with E-state index in [-0.39, 0.29) is 28.9 Å². The van der Waals surface area contributed by atoms with Crippen molar-refractivity contribution in [2.75, 3.05) is 11.9 Å². The van der Waals surface area contributed by atoms with Crippen LogP contribution in [-0.4, -0.2) is 65.8 Å². The number of hydrogen-bond acceptors (Lipinski definition) is 7. The maximum absolute atomic E-state index is 11.7. The highest BCUT2D eigenvalue weighted by molar-refractivity contribution is 9.09. The van der Waals surface area contributed by atoms with Gasteiger partial charge in [0.15, 0.2) is 17.4 Å². The van der Waals surface area contributed by atoms with E-state index in [4.69, 9.17) is 4.74 Å². The molecule has 124 valence electrons. The average molecular weight is 388 g/mol. The number of aromatic nitrogens is 4. The normalized spacial score (nSPS) is 27.4.